The van der Waals surface area contributed by atoms with Gasteiger partial charge in [0.2, 0.25) is 0 Å². The lowest BCUT2D eigenvalue weighted by atomic mass is 9.98. The summed E-state index contributed by atoms with van der Waals surface area (Å²) in [4.78, 5) is 13.3. The number of hydrogen-bond donors (Lipinski definition) is 2. The molecule has 3 atom stereocenters. The van der Waals surface area contributed by atoms with Crippen LogP contribution in [0, 0.1) is 5.82 Å². The van der Waals surface area contributed by atoms with Crippen molar-refractivity contribution in [3.8, 4) is 0 Å². The Morgan fingerprint density at radius 3 is 2.85 bits per heavy atom. The normalized spacial score (nSPS) is 18.2. The first-order chi connectivity index (χ1) is 16.3. The second-order valence-corrected chi connectivity index (χ2v) is 9.51. The maximum atomic E-state index is 14.3. The number of aliphatic hydroxyl groups excluding tert-OH is 1. The van der Waals surface area contributed by atoms with Crippen LogP contribution in [0.1, 0.15) is 61.5 Å². The predicted octanol–water partition coefficient (Wildman–Crippen LogP) is 5.20. The Hall–Kier alpha value is -1.99. The van der Waals surface area contributed by atoms with Crippen molar-refractivity contribution in [3.05, 3.63) is 69.5 Å². The summed E-state index contributed by atoms with van der Waals surface area (Å²) in [6, 6.07) is 11.3. The van der Waals surface area contributed by atoms with Gasteiger partial charge in [0.05, 0.1) is 18.8 Å². The van der Waals surface area contributed by atoms with Crippen molar-refractivity contribution in [2.24, 2.45) is 0 Å². The van der Waals surface area contributed by atoms with Crippen LogP contribution in [-0.2, 0) is 28.8 Å². The zero-order valence-corrected chi connectivity index (χ0v) is 20.7. The molecule has 2 aromatic rings. The van der Waals surface area contributed by atoms with Gasteiger partial charge in [0.1, 0.15) is 5.82 Å². The van der Waals surface area contributed by atoms with Crippen LogP contribution in [0.5, 0.6) is 0 Å². The molecule has 0 bridgehead atoms. The monoisotopic (exact) mass is 491 g/mol. The molecule has 2 N–H and O–H groups in total. The Bertz CT molecular complexity index is 970. The summed E-state index contributed by atoms with van der Waals surface area (Å²) in [5, 5.41) is 20.4. The van der Waals surface area contributed by atoms with Gasteiger partial charge in [-0.1, -0.05) is 42.8 Å². The first-order valence-electron chi connectivity index (χ1n) is 12.1. The van der Waals surface area contributed by atoms with Crippen molar-refractivity contribution in [2.75, 3.05) is 19.7 Å². The highest BCUT2D eigenvalue weighted by Gasteiger charge is 2.27. The van der Waals surface area contributed by atoms with Gasteiger partial charge in [-0.25, -0.2) is 4.39 Å². The average Bonchev–Trinajstić information content (AvgIpc) is 3.23. The molecule has 0 aromatic heterocycles. The van der Waals surface area contributed by atoms with E-state index in [9.17, 15) is 14.3 Å². The van der Waals surface area contributed by atoms with Crippen LogP contribution in [-0.4, -0.2) is 52.9 Å². The highest BCUT2D eigenvalue weighted by atomic mass is 35.5. The molecule has 5 nitrogen and oxygen atoms in total. The lowest BCUT2D eigenvalue weighted by Gasteiger charge is -2.28. The van der Waals surface area contributed by atoms with Crippen LogP contribution < -0.4 is 0 Å². The Morgan fingerprint density at radius 2 is 2.12 bits per heavy atom. The molecule has 1 heterocycles. The van der Waals surface area contributed by atoms with Gasteiger partial charge in [-0.15, -0.1) is 0 Å². The average molecular weight is 492 g/mol. The van der Waals surface area contributed by atoms with Crippen molar-refractivity contribution in [1.29, 1.82) is 0 Å². The van der Waals surface area contributed by atoms with Gasteiger partial charge in [0.15, 0.2) is 0 Å². The molecule has 0 radical (unpaired) electrons. The fraction of sp³-hybridized carbons (Fsp3) is 0.519. The second-order valence-electron chi connectivity index (χ2n) is 9.11. The maximum absolute atomic E-state index is 14.3. The van der Waals surface area contributed by atoms with Crippen LogP contribution in [0.25, 0.3) is 0 Å². The predicted molar refractivity (Wildman–Crippen MR) is 132 cm³/mol. The van der Waals surface area contributed by atoms with Crippen LogP contribution in [0.15, 0.2) is 36.4 Å². The van der Waals surface area contributed by atoms with Crippen molar-refractivity contribution in [2.45, 2.75) is 70.6 Å². The van der Waals surface area contributed by atoms with E-state index in [1.54, 1.807) is 19.1 Å². The smallest absolute Gasteiger partial charge is 0.303 e. The van der Waals surface area contributed by atoms with E-state index in [0.717, 1.165) is 42.8 Å². The summed E-state index contributed by atoms with van der Waals surface area (Å²) in [5.74, 6) is -1.40. The van der Waals surface area contributed by atoms with E-state index in [-0.39, 0.29) is 19.4 Å². The minimum atomic E-state index is -0.970. The fourth-order valence-corrected chi connectivity index (χ4v) is 5.04. The molecule has 1 saturated heterocycles. The van der Waals surface area contributed by atoms with E-state index in [1.807, 2.05) is 6.07 Å². The topological polar surface area (TPSA) is 70.0 Å². The quantitative estimate of drug-likeness (QED) is 0.427. The van der Waals surface area contributed by atoms with Crippen LogP contribution >= 0.6 is 11.6 Å². The zero-order chi connectivity index (χ0) is 24.7. The molecular weight excluding hydrogens is 457 g/mol. The SMILES string of the molecule is CCc1cc(C[C@@H]2CCCN2C[C@@H](O)CO[C@H](C)c2cccc(F)c2CCC(=O)O)ccc1Cl. The van der Waals surface area contributed by atoms with Gasteiger partial charge < -0.3 is 14.9 Å². The molecular formula is C27H35ClFNO4. The number of carboxylic acids is 1. The van der Waals surface area contributed by atoms with Crippen LogP contribution in [0.2, 0.25) is 5.02 Å². The van der Waals surface area contributed by atoms with E-state index in [1.165, 1.54) is 11.6 Å². The van der Waals surface area contributed by atoms with Crippen molar-refractivity contribution in [1.82, 2.24) is 4.90 Å². The summed E-state index contributed by atoms with van der Waals surface area (Å²) in [6.45, 7) is 5.48. The van der Waals surface area contributed by atoms with Gasteiger partial charge >= 0.3 is 5.97 Å². The molecule has 2 aromatic carbocycles. The molecule has 186 valence electrons. The molecule has 1 aliphatic heterocycles. The van der Waals surface area contributed by atoms with E-state index in [0.29, 0.717) is 23.7 Å². The highest BCUT2D eigenvalue weighted by Crippen LogP contribution is 2.27. The minimum Gasteiger partial charge on any atom is -0.481 e. The van der Waals surface area contributed by atoms with E-state index >= 15 is 0 Å². The van der Waals surface area contributed by atoms with Crippen molar-refractivity contribution < 1.29 is 24.1 Å². The summed E-state index contributed by atoms with van der Waals surface area (Å²) in [7, 11) is 0. The molecule has 0 amide bonds. The van der Waals surface area contributed by atoms with E-state index in [4.69, 9.17) is 21.4 Å². The number of halogens is 2. The molecule has 7 heteroatoms. The standard InChI is InChI=1S/C27H35ClFNO4/c1-3-20-14-19(9-11-25(20)28)15-21-6-5-13-30(21)16-22(31)17-34-18(2)23-7-4-8-26(29)24(23)10-12-27(32)33/h4,7-9,11,14,18,21-22,31H,3,5-6,10,12-13,15-17H2,1-2H3,(H,32,33)/t18-,21+,22-/m1/s1. The Morgan fingerprint density at radius 1 is 1.32 bits per heavy atom. The largest absolute Gasteiger partial charge is 0.481 e. The Kier molecular flexibility index (Phi) is 9.89. The summed E-state index contributed by atoms with van der Waals surface area (Å²) >= 11 is 6.26. The van der Waals surface area contributed by atoms with Crippen molar-refractivity contribution >= 4 is 17.6 Å². The first-order valence-corrected chi connectivity index (χ1v) is 12.5. The number of rotatable bonds is 12. The molecule has 0 aliphatic carbocycles. The number of ether oxygens (including phenoxy) is 1. The lowest BCUT2D eigenvalue weighted by Crippen LogP contribution is -2.39. The van der Waals surface area contributed by atoms with Gasteiger partial charge in [0.25, 0.3) is 0 Å². The number of nitrogens with zero attached hydrogens (tertiary/aromatic N) is 1. The molecule has 1 aliphatic rings. The van der Waals surface area contributed by atoms with E-state index in [2.05, 4.69) is 24.0 Å². The van der Waals surface area contributed by atoms with Crippen molar-refractivity contribution in [3.63, 3.8) is 0 Å². The van der Waals surface area contributed by atoms with Crippen LogP contribution in [0.4, 0.5) is 4.39 Å². The number of β-amino-alcohol motifs (C(OH)–C–C–N with tert-alkyl or cyclic N) is 1. The molecule has 1 fully saturated rings. The molecule has 0 spiro atoms. The second kappa shape index (κ2) is 12.6. The third-order valence-corrected chi connectivity index (χ3v) is 7.00. The Balaban J connectivity index is 1.55. The summed E-state index contributed by atoms with van der Waals surface area (Å²) in [6.07, 6.45) is 2.84. The third kappa shape index (κ3) is 7.25. The first kappa shape index (κ1) is 26.6. The molecule has 0 saturated carbocycles. The Labute approximate surface area is 206 Å². The van der Waals surface area contributed by atoms with Crippen LogP contribution in [0.3, 0.4) is 0 Å². The highest BCUT2D eigenvalue weighted by molar-refractivity contribution is 6.31. The number of likely N-dealkylation sites (tertiary alicyclic amines) is 1. The summed E-state index contributed by atoms with van der Waals surface area (Å²) < 4.78 is 20.2. The fourth-order valence-electron chi connectivity index (χ4n) is 4.79. The molecule has 3 rings (SSSR count). The number of aliphatic hydroxyl groups is 1. The van der Waals surface area contributed by atoms with Gasteiger partial charge in [-0.05, 0) is 80.0 Å². The summed E-state index contributed by atoms with van der Waals surface area (Å²) in [5.41, 5.74) is 3.41. The number of benzene rings is 2. The number of aryl methyl sites for hydroxylation is 1. The number of carboxylic acid groups (broad SMARTS) is 1. The van der Waals surface area contributed by atoms with Gasteiger partial charge in [-0.2, -0.15) is 0 Å². The number of aliphatic carboxylic acids is 1. The minimum absolute atomic E-state index is 0.105. The van der Waals surface area contributed by atoms with Gasteiger partial charge in [-0.3, -0.25) is 9.69 Å². The van der Waals surface area contributed by atoms with E-state index < -0.39 is 24.0 Å². The number of hydrogen-bond acceptors (Lipinski definition) is 4. The molecule has 34 heavy (non-hydrogen) atoms. The zero-order valence-electron chi connectivity index (χ0n) is 20.0. The third-order valence-electron chi connectivity index (χ3n) is 6.63. The maximum Gasteiger partial charge on any atom is 0.303 e. The van der Waals surface area contributed by atoms with Gasteiger partial charge in [0, 0.05) is 24.0 Å². The molecule has 0 unspecified atom stereocenters. The number of carbonyl (C=O) groups is 1. The lowest BCUT2D eigenvalue weighted by molar-refractivity contribution is -0.136.